The molecule has 7 aromatic carbocycles. The van der Waals surface area contributed by atoms with E-state index in [0.717, 1.165) is 16.7 Å². The Morgan fingerprint density at radius 3 is 1.06 bits per heavy atom. The van der Waals surface area contributed by atoms with Crippen LogP contribution in [0.2, 0.25) is 0 Å². The summed E-state index contributed by atoms with van der Waals surface area (Å²) in [6.07, 6.45) is 13.4. The van der Waals surface area contributed by atoms with Crippen LogP contribution in [0.4, 0.5) is 22.7 Å². The van der Waals surface area contributed by atoms with Gasteiger partial charge >= 0.3 is 0 Å². The molecule has 15 rings (SSSR count). The number of rotatable bonds is 24. The van der Waals surface area contributed by atoms with Crippen LogP contribution in [0.1, 0.15) is 108 Å². The van der Waals surface area contributed by atoms with Crippen molar-refractivity contribution in [3.05, 3.63) is 248 Å². The van der Waals surface area contributed by atoms with Gasteiger partial charge in [0.2, 0.25) is 11.8 Å². The van der Waals surface area contributed by atoms with Crippen LogP contribution >= 0.6 is 0 Å². The van der Waals surface area contributed by atoms with Gasteiger partial charge in [0.25, 0.3) is 11.8 Å². The molecule has 646 valence electrons. The molecule has 1 atom stereocenters. The van der Waals surface area contributed by atoms with Gasteiger partial charge in [-0.05, 0) is 133 Å². The minimum Gasteiger partial charge on any atom is -0.496 e. The number of methoxy groups -OCH3 is 1. The third-order valence-electron chi connectivity index (χ3n) is 19.5. The quantitative estimate of drug-likeness (QED) is 0.0271. The third-order valence-corrected chi connectivity index (χ3v) is 28.2. The number of hydrogen-bond acceptors (Lipinski definition) is 22. The first-order valence-electron chi connectivity index (χ1n) is 38.6. The molecule has 8 heterocycles. The summed E-state index contributed by atoms with van der Waals surface area (Å²) in [5, 5.41) is 18.3. The number of carbonyl (C=O) groups excluding carboxylic acids is 4. The molecule has 0 radical (unpaired) electrons. The number of aromatic nitrogens is 12. The fraction of sp³-hybridized carbons (Fsp3) is 0.205. The van der Waals surface area contributed by atoms with E-state index >= 15 is 0 Å². The van der Waals surface area contributed by atoms with Gasteiger partial charge in [0.15, 0.2) is 61.9 Å². The van der Waals surface area contributed by atoms with Crippen molar-refractivity contribution in [1.29, 1.82) is 0 Å². The van der Waals surface area contributed by atoms with Gasteiger partial charge in [-0.25, -0.2) is 73.5 Å². The minimum absolute atomic E-state index is 0. The summed E-state index contributed by atoms with van der Waals surface area (Å²) in [4.78, 5) is 98.6. The normalized spacial score (nSPS) is 12.0. The monoisotopic (exact) mass is 1740 g/mol. The molecule has 0 saturated carbocycles. The van der Waals surface area contributed by atoms with Crippen LogP contribution in [-0.2, 0) is 55.4 Å². The molecule has 0 bridgehead atoms. The van der Waals surface area contributed by atoms with E-state index in [9.17, 15) is 52.8 Å². The number of para-hydroxylation sites is 1. The van der Waals surface area contributed by atoms with Gasteiger partial charge in [-0.15, -0.1) is 0 Å². The topological polar surface area (TPSA) is 449 Å². The van der Waals surface area contributed by atoms with Crippen LogP contribution in [-0.4, -0.2) is 157 Å². The molecule has 0 aliphatic heterocycles. The van der Waals surface area contributed by atoms with Crippen molar-refractivity contribution < 1.29 is 75.5 Å². The number of benzene rings is 7. The molecular weight excluding hydrogens is 1630 g/mol. The summed E-state index contributed by atoms with van der Waals surface area (Å²) in [7, 11) is -12.0. The second kappa shape index (κ2) is 37.8. The van der Waals surface area contributed by atoms with Crippen molar-refractivity contribution >= 4 is 130 Å². The van der Waals surface area contributed by atoms with E-state index in [0.29, 0.717) is 118 Å². The second-order valence-electron chi connectivity index (χ2n) is 29.2. The van der Waals surface area contributed by atoms with Gasteiger partial charge in [0.05, 0.1) is 130 Å². The molecule has 0 aliphatic carbocycles. The molecule has 0 aliphatic rings. The number of aromatic amines is 4. The number of amides is 4. The summed E-state index contributed by atoms with van der Waals surface area (Å²) < 4.78 is 104. The molecule has 9 N–H and O–H groups in total. The molecule has 34 heteroatoms. The van der Waals surface area contributed by atoms with Crippen LogP contribution in [0.3, 0.4) is 0 Å². The zero-order valence-electron chi connectivity index (χ0n) is 67.9. The summed E-state index contributed by atoms with van der Waals surface area (Å²) in [6.45, 7) is 14.9. The zero-order valence-corrected chi connectivity index (χ0v) is 71.2. The summed E-state index contributed by atoms with van der Waals surface area (Å²) in [6, 6.07) is 51.4. The number of ether oxygens (including phenoxy) is 1. The number of nitrogens with zero attached hydrogens (tertiary/aromatic N) is 8. The van der Waals surface area contributed by atoms with E-state index in [1.807, 2.05) is 50.2 Å². The first-order chi connectivity index (χ1) is 58.2. The fourth-order valence-corrected chi connectivity index (χ4v) is 16.8. The number of aliphatic hydroxyl groups excluding tert-OH is 1. The molecule has 1 unspecified atom stereocenters. The van der Waals surface area contributed by atoms with Crippen LogP contribution < -0.4 is 26.0 Å². The molecule has 0 saturated heterocycles. The number of aliphatic hydroxyl groups is 1. The third kappa shape index (κ3) is 20.1. The van der Waals surface area contributed by atoms with E-state index in [1.165, 1.54) is 19.2 Å². The van der Waals surface area contributed by atoms with Crippen molar-refractivity contribution in [3.8, 4) is 50.8 Å². The maximum atomic E-state index is 12.8. The standard InChI is InChI=1S/2C23H22N4O4S.C23H22N4O3S.C19H22N4O3S.9H2/c1-14(2)32(29,30)16-10-8-15(9-11-16)18-12-24-22-21(26-18)19(13-25-22)27-23(28)17-6-4-5-7-20(17)31-3;1-15(11-12-28)32(30,31)18-9-7-16(8-10-18)19-13-24-22-21(26-19)20(14-25-22)27-23(29)17-5-3-2-4-6-17;1-15(2)31(29,30)18-10-8-17(9-11-18)19-13-24-23-22(27-19)20(14-25-23)26-21(28)12-16-6-4-3-5-7-16;1-11(2)19(24)23-16-10-21-18-17(16)22-15(9-20-18)13-5-7-14(8-6-13)27(25,26)12(3)4;;;;;;;;;/h4-14H,1-3H3,(H,24,25)(H,27,28);2-10,13-15,28H,11-12H2,1H3,(H,24,25)(H,27,29);3-11,13-15H,12H2,1-2H3,(H,24,25)(H,26,28);5-12H,1-4H3,(H,20,21)(H,23,24);9*1H. The SMILES string of the molecule is CC(C)C(=O)Nc1c[nH]c2ncc(-c3ccc(S(=O)(=O)C(C)C)cc3)nc12.CC(C)S(=O)(=O)c1ccc(-c2cnc3[nH]cc(NC(=O)Cc4ccccc4)c3n2)cc1.CC(CCO)S(=O)(=O)c1ccc(-c2cnc3[nH]cc(NC(=O)c4ccccc4)c3n2)cc1.COc1ccccc1C(=O)Nc1c[nH]c2ncc(-c3ccc(S(=O)(=O)C(C)C)cc3)nc12.[HH].[HH].[HH].[HH].[HH].[HH].[HH].[HH].[HH]. The summed E-state index contributed by atoms with van der Waals surface area (Å²) >= 11 is 0. The van der Waals surface area contributed by atoms with Gasteiger partial charge in [-0.2, -0.15) is 0 Å². The number of nitrogens with one attached hydrogen (secondary N) is 8. The van der Waals surface area contributed by atoms with Crippen molar-refractivity contribution in [2.24, 2.45) is 5.92 Å². The number of carbonyl (C=O) groups is 4. The number of sulfone groups is 4. The Balaban J connectivity index is 0.000000441. The van der Waals surface area contributed by atoms with Crippen molar-refractivity contribution in [2.45, 2.75) is 116 Å². The predicted octanol–water partition coefficient (Wildman–Crippen LogP) is 17.1. The maximum Gasteiger partial charge on any atom is 0.259 e. The zero-order chi connectivity index (χ0) is 87.4. The first kappa shape index (κ1) is 87.8. The average Bonchev–Trinajstić information content (AvgIpc) is 1.75. The van der Waals surface area contributed by atoms with Crippen molar-refractivity contribution in [2.75, 3.05) is 35.0 Å². The first-order valence-corrected chi connectivity index (χ1v) is 44.7. The smallest absolute Gasteiger partial charge is 0.259 e. The molecule has 15 aromatic rings. The van der Waals surface area contributed by atoms with Crippen LogP contribution in [0.15, 0.2) is 251 Å². The number of anilines is 4. The van der Waals surface area contributed by atoms with Crippen LogP contribution in [0.5, 0.6) is 5.75 Å². The maximum absolute atomic E-state index is 12.8. The van der Waals surface area contributed by atoms with Crippen LogP contribution in [0.25, 0.3) is 89.7 Å². The van der Waals surface area contributed by atoms with Gasteiger partial charge in [-0.1, -0.05) is 123 Å². The highest BCUT2D eigenvalue weighted by Gasteiger charge is 2.27. The molecule has 0 fully saturated rings. The lowest BCUT2D eigenvalue weighted by Crippen LogP contribution is -2.19. The lowest BCUT2D eigenvalue weighted by molar-refractivity contribution is -0.119. The number of H-pyrrole nitrogens is 4. The Morgan fingerprint density at radius 2 is 0.713 bits per heavy atom. The largest absolute Gasteiger partial charge is 0.496 e. The van der Waals surface area contributed by atoms with Gasteiger partial charge < -0.3 is 51.0 Å². The van der Waals surface area contributed by atoms with E-state index in [4.69, 9.17) is 9.84 Å². The Kier molecular flexibility index (Phi) is 27.2. The van der Waals surface area contributed by atoms with Crippen molar-refractivity contribution in [3.63, 3.8) is 0 Å². The Hall–Kier alpha value is -13.5. The lowest BCUT2D eigenvalue weighted by Gasteiger charge is -2.12. The fourth-order valence-electron chi connectivity index (χ4n) is 12.2. The van der Waals surface area contributed by atoms with E-state index in [2.05, 4.69) is 81.1 Å². The molecule has 0 spiro atoms. The molecular formula is C88H106N16O14S4. The number of fused-ring (bicyclic) bond motifs is 4. The Morgan fingerprint density at radius 1 is 0.393 bits per heavy atom. The highest BCUT2D eigenvalue weighted by Crippen LogP contribution is 2.33. The summed E-state index contributed by atoms with van der Waals surface area (Å²) in [5.41, 5.74) is 13.3. The van der Waals surface area contributed by atoms with Crippen molar-refractivity contribution in [1.82, 2.24) is 59.8 Å². The average molecular weight is 1740 g/mol. The highest BCUT2D eigenvalue weighted by atomic mass is 32.2. The van der Waals surface area contributed by atoms with E-state index in [-0.39, 0.29) is 81.4 Å². The van der Waals surface area contributed by atoms with Gasteiger partial charge in [0.1, 0.15) is 27.8 Å². The van der Waals surface area contributed by atoms with E-state index < -0.39 is 60.3 Å². The highest BCUT2D eigenvalue weighted by molar-refractivity contribution is 7.93. The Labute approximate surface area is 717 Å². The molecule has 8 aromatic heterocycles. The van der Waals surface area contributed by atoms with Gasteiger partial charge in [-0.3, -0.25) is 19.2 Å². The number of hydrogen-bond donors (Lipinski definition) is 9. The molecule has 30 nitrogen and oxygen atoms in total. The van der Waals surface area contributed by atoms with E-state index in [1.54, 1.807) is 232 Å². The second-order valence-corrected chi connectivity index (χ2v) is 39.1. The molecule has 4 amide bonds. The van der Waals surface area contributed by atoms with Gasteiger partial charge in [0, 0.05) is 78.0 Å². The summed E-state index contributed by atoms with van der Waals surface area (Å²) in [5.74, 6) is -0.535. The van der Waals surface area contributed by atoms with Crippen LogP contribution in [0, 0.1) is 5.92 Å². The Bertz CT molecular complexity index is 6840. The molecule has 122 heavy (non-hydrogen) atoms. The lowest BCUT2D eigenvalue weighted by atomic mass is 10.1. The predicted molar refractivity (Wildman–Crippen MR) is 489 cm³/mol. The minimum atomic E-state index is -3.52.